The Balaban J connectivity index is 1.50. The van der Waals surface area contributed by atoms with Crippen molar-refractivity contribution in [2.24, 2.45) is 5.92 Å². The summed E-state index contributed by atoms with van der Waals surface area (Å²) >= 11 is 0. The molecule has 3 rings (SSSR count). The minimum Gasteiger partial charge on any atom is -0.355 e. The van der Waals surface area contributed by atoms with E-state index in [9.17, 15) is 18.0 Å². The molecule has 6 heteroatoms. The molecule has 0 bridgehead atoms. The average molecular weight is 412 g/mol. The fraction of sp³-hybridized carbons (Fsp3) is 0.292. The van der Waals surface area contributed by atoms with Crippen LogP contribution in [0.1, 0.15) is 48.5 Å². The molecule has 1 aliphatic heterocycles. The Hall–Kier alpha value is -3.20. The van der Waals surface area contributed by atoms with Crippen LogP contribution < -0.4 is 10.6 Å². The van der Waals surface area contributed by atoms with Crippen LogP contribution in [0, 0.1) is 17.8 Å². The van der Waals surface area contributed by atoms with E-state index in [0.717, 1.165) is 30.7 Å². The number of alkyl halides is 3. The highest BCUT2D eigenvalue weighted by Crippen LogP contribution is 2.29. The van der Waals surface area contributed by atoms with Gasteiger partial charge >= 0.3 is 6.18 Å². The predicted molar refractivity (Wildman–Crippen MR) is 111 cm³/mol. The van der Waals surface area contributed by atoms with Crippen LogP contribution in [0.3, 0.4) is 0 Å². The van der Waals surface area contributed by atoms with Crippen LogP contribution in [-0.4, -0.2) is 5.91 Å². The topological polar surface area (TPSA) is 41.1 Å². The maximum atomic E-state index is 12.9. The van der Waals surface area contributed by atoms with Gasteiger partial charge in [-0.05, 0) is 68.4 Å². The van der Waals surface area contributed by atoms with E-state index in [1.807, 2.05) is 12.3 Å². The highest BCUT2D eigenvalue weighted by atomic mass is 19.4. The Bertz CT molecular complexity index is 988. The minimum absolute atomic E-state index is 0.0137. The van der Waals surface area contributed by atoms with Gasteiger partial charge in [-0.2, -0.15) is 13.2 Å². The van der Waals surface area contributed by atoms with Gasteiger partial charge in [-0.3, -0.25) is 4.79 Å². The fourth-order valence-corrected chi connectivity index (χ4v) is 3.18. The van der Waals surface area contributed by atoms with Gasteiger partial charge in [0.1, 0.15) is 0 Å². The summed E-state index contributed by atoms with van der Waals surface area (Å²) in [4.78, 5) is 12.4. The monoisotopic (exact) mass is 412 g/mol. The molecule has 0 aromatic heterocycles. The number of hydrogen-bond acceptors (Lipinski definition) is 2. The third kappa shape index (κ3) is 6.15. The summed E-state index contributed by atoms with van der Waals surface area (Å²) in [7, 11) is 0. The number of nitrogens with one attached hydrogen (secondary N) is 2. The number of allylic oxidation sites excluding steroid dienone is 7. The summed E-state index contributed by atoms with van der Waals surface area (Å²) in [6.45, 7) is 2.06. The molecule has 156 valence electrons. The van der Waals surface area contributed by atoms with Crippen LogP contribution in [0.4, 0.5) is 13.2 Å². The largest absolute Gasteiger partial charge is 0.416 e. The summed E-state index contributed by atoms with van der Waals surface area (Å²) in [5, 5.41) is 5.88. The van der Waals surface area contributed by atoms with Crippen LogP contribution >= 0.6 is 0 Å². The number of hydrogen-bond donors (Lipinski definition) is 2. The summed E-state index contributed by atoms with van der Waals surface area (Å²) in [5.41, 5.74) is 2.01. The number of benzene rings is 1. The zero-order valence-electron chi connectivity index (χ0n) is 16.6. The van der Waals surface area contributed by atoms with Gasteiger partial charge in [0, 0.05) is 23.9 Å². The number of dihydropyridines is 1. The molecule has 0 saturated heterocycles. The first-order valence-corrected chi connectivity index (χ1v) is 9.78. The van der Waals surface area contributed by atoms with E-state index in [2.05, 4.69) is 41.6 Å². The third-order valence-electron chi connectivity index (χ3n) is 4.85. The van der Waals surface area contributed by atoms with Crippen molar-refractivity contribution >= 4 is 5.91 Å². The highest BCUT2D eigenvalue weighted by Gasteiger charge is 2.31. The summed E-state index contributed by atoms with van der Waals surface area (Å²) in [5.74, 6) is 5.96. The first-order valence-electron chi connectivity index (χ1n) is 9.78. The Morgan fingerprint density at radius 2 is 2.17 bits per heavy atom. The number of rotatable bonds is 4. The van der Waals surface area contributed by atoms with E-state index in [1.54, 1.807) is 6.08 Å². The molecule has 0 fully saturated rings. The van der Waals surface area contributed by atoms with Gasteiger partial charge in [0.2, 0.25) is 0 Å². The molecule has 2 aliphatic rings. The fourth-order valence-electron chi connectivity index (χ4n) is 3.18. The van der Waals surface area contributed by atoms with Crippen molar-refractivity contribution in [3.63, 3.8) is 0 Å². The molecule has 0 spiro atoms. The first-order chi connectivity index (χ1) is 14.3. The normalized spacial score (nSPS) is 18.3. The van der Waals surface area contributed by atoms with Crippen molar-refractivity contribution in [3.8, 4) is 11.8 Å². The molecule has 1 heterocycles. The molecular formula is C24H23F3N2O. The maximum Gasteiger partial charge on any atom is 0.416 e. The molecule has 1 aromatic rings. The number of amides is 1. The van der Waals surface area contributed by atoms with Crippen molar-refractivity contribution in [2.75, 3.05) is 0 Å². The molecule has 1 atom stereocenters. The Labute approximate surface area is 174 Å². The lowest BCUT2D eigenvalue weighted by Crippen LogP contribution is -2.25. The van der Waals surface area contributed by atoms with Gasteiger partial charge in [0.25, 0.3) is 5.91 Å². The van der Waals surface area contributed by atoms with Crippen molar-refractivity contribution in [2.45, 2.75) is 38.8 Å². The lowest BCUT2D eigenvalue weighted by molar-refractivity contribution is -0.137. The van der Waals surface area contributed by atoms with E-state index in [0.29, 0.717) is 18.5 Å². The molecule has 0 radical (unpaired) electrons. The minimum atomic E-state index is -4.48. The number of carbonyl (C=O) groups is 1. The van der Waals surface area contributed by atoms with Crippen molar-refractivity contribution in [1.82, 2.24) is 10.6 Å². The first kappa shape index (κ1) is 21.5. The van der Waals surface area contributed by atoms with Gasteiger partial charge in [0.15, 0.2) is 0 Å². The lowest BCUT2D eigenvalue weighted by atomic mass is 9.93. The van der Waals surface area contributed by atoms with E-state index in [1.165, 1.54) is 17.7 Å². The Morgan fingerprint density at radius 3 is 2.90 bits per heavy atom. The molecule has 30 heavy (non-hydrogen) atoms. The number of halogens is 3. The summed E-state index contributed by atoms with van der Waals surface area (Å²) < 4.78 is 38.6. The molecular weight excluding hydrogens is 389 g/mol. The maximum absolute atomic E-state index is 12.9. The number of carbonyl (C=O) groups excluding carboxylic acids is 1. The standard InChI is InChI=1S/C24H23F3N2O/c1-17-12-13-21(28-16-17)10-3-2-6-18-7-4-11-22(14-18)29-23(30)19-8-5-9-20(15-19)24(25,26)27/h4-5,7-9,11,13,15-16,18,28H,2,6,12,14H2,1H3,(H,29,30). The SMILES string of the molecule is CC1=CNC(C#CCCC2C=CC=C(NC(=O)c3cccc(C(F)(F)F)c3)C2)=CC1. The van der Waals surface area contributed by atoms with Gasteiger partial charge in [0.05, 0.1) is 11.3 Å². The second kappa shape index (κ2) is 9.53. The van der Waals surface area contributed by atoms with Crippen LogP contribution in [0.25, 0.3) is 0 Å². The Morgan fingerprint density at radius 1 is 1.33 bits per heavy atom. The van der Waals surface area contributed by atoms with Crippen LogP contribution in [0.15, 0.2) is 71.7 Å². The summed E-state index contributed by atoms with van der Waals surface area (Å²) in [6, 6.07) is 4.43. The van der Waals surface area contributed by atoms with Crippen LogP contribution in [0.5, 0.6) is 0 Å². The van der Waals surface area contributed by atoms with Crippen LogP contribution in [0.2, 0.25) is 0 Å². The van der Waals surface area contributed by atoms with Crippen molar-refractivity contribution < 1.29 is 18.0 Å². The van der Waals surface area contributed by atoms with E-state index in [-0.39, 0.29) is 11.5 Å². The van der Waals surface area contributed by atoms with E-state index in [4.69, 9.17) is 0 Å². The van der Waals surface area contributed by atoms with Crippen LogP contribution in [-0.2, 0) is 6.18 Å². The molecule has 1 amide bonds. The zero-order valence-corrected chi connectivity index (χ0v) is 16.6. The molecule has 3 nitrogen and oxygen atoms in total. The Kier molecular flexibility index (Phi) is 6.83. The highest BCUT2D eigenvalue weighted by molar-refractivity contribution is 5.95. The van der Waals surface area contributed by atoms with Gasteiger partial charge in [-0.25, -0.2) is 0 Å². The lowest BCUT2D eigenvalue weighted by Gasteiger charge is -2.18. The second-order valence-corrected chi connectivity index (χ2v) is 7.37. The average Bonchev–Trinajstić information content (AvgIpc) is 2.72. The van der Waals surface area contributed by atoms with Gasteiger partial charge in [-0.1, -0.05) is 29.7 Å². The third-order valence-corrected chi connectivity index (χ3v) is 4.85. The molecule has 1 unspecified atom stereocenters. The quantitative estimate of drug-likeness (QED) is 0.645. The molecule has 1 aliphatic carbocycles. The second-order valence-electron chi connectivity index (χ2n) is 7.37. The van der Waals surface area contributed by atoms with Crippen molar-refractivity contribution in [3.05, 3.63) is 82.9 Å². The molecule has 2 N–H and O–H groups in total. The summed E-state index contributed by atoms with van der Waals surface area (Å²) in [6.07, 6.45) is 8.31. The van der Waals surface area contributed by atoms with Gasteiger partial charge in [-0.15, -0.1) is 0 Å². The van der Waals surface area contributed by atoms with Gasteiger partial charge < -0.3 is 10.6 Å². The molecule has 1 aromatic carbocycles. The van der Waals surface area contributed by atoms with Crippen molar-refractivity contribution in [1.29, 1.82) is 0 Å². The predicted octanol–water partition coefficient (Wildman–Crippen LogP) is 5.46. The van der Waals surface area contributed by atoms with E-state index < -0.39 is 17.6 Å². The smallest absolute Gasteiger partial charge is 0.355 e. The van der Waals surface area contributed by atoms with E-state index >= 15 is 0 Å². The molecule has 0 saturated carbocycles. The zero-order chi connectivity index (χ0) is 21.6.